The highest BCUT2D eigenvalue weighted by Crippen LogP contribution is 2.16. The Hall–Kier alpha value is -2.44. The molecule has 0 aliphatic carbocycles. The van der Waals surface area contributed by atoms with Gasteiger partial charge in [0, 0.05) is 51.1 Å². The number of rotatable bonds is 4. The highest BCUT2D eigenvalue weighted by atomic mass is 16.2. The first-order chi connectivity index (χ1) is 10.8. The van der Waals surface area contributed by atoms with Gasteiger partial charge in [-0.2, -0.15) is 0 Å². The molecule has 0 N–H and O–H groups in total. The highest BCUT2D eigenvalue weighted by Gasteiger charge is 2.21. The number of carbonyl (C=O) groups excluding carboxylic acids is 1. The lowest BCUT2D eigenvalue weighted by molar-refractivity contribution is -0.131. The van der Waals surface area contributed by atoms with Crippen LogP contribution in [-0.2, 0) is 4.79 Å². The third kappa shape index (κ3) is 3.08. The van der Waals surface area contributed by atoms with Crippen LogP contribution < -0.4 is 4.90 Å². The fourth-order valence-corrected chi connectivity index (χ4v) is 2.60. The lowest BCUT2D eigenvalue weighted by Gasteiger charge is -2.35. The Morgan fingerprint density at radius 2 is 1.95 bits per heavy atom. The summed E-state index contributed by atoms with van der Waals surface area (Å²) in [5.41, 5.74) is 0. The fraction of sp³-hybridized carbons (Fsp3) is 0.467. The fourth-order valence-electron chi connectivity index (χ4n) is 2.60. The topological polar surface area (TPSA) is 67.2 Å². The SMILES string of the molecule is CCCC(=O)N1CCN(c2cc(-n3ccnc3)ncn2)CC1. The summed E-state index contributed by atoms with van der Waals surface area (Å²) >= 11 is 0. The van der Waals surface area contributed by atoms with E-state index in [0.717, 1.165) is 44.2 Å². The number of anilines is 1. The van der Waals surface area contributed by atoms with Gasteiger partial charge in [0.25, 0.3) is 0 Å². The maximum absolute atomic E-state index is 11.9. The van der Waals surface area contributed by atoms with Gasteiger partial charge in [-0.15, -0.1) is 0 Å². The van der Waals surface area contributed by atoms with Gasteiger partial charge >= 0.3 is 0 Å². The van der Waals surface area contributed by atoms with Crippen molar-refractivity contribution in [1.29, 1.82) is 0 Å². The minimum absolute atomic E-state index is 0.254. The Morgan fingerprint density at radius 1 is 1.18 bits per heavy atom. The first kappa shape index (κ1) is 14.5. The molecule has 0 unspecified atom stereocenters. The van der Waals surface area contributed by atoms with E-state index in [1.807, 2.05) is 28.7 Å². The van der Waals surface area contributed by atoms with Crippen molar-refractivity contribution < 1.29 is 4.79 Å². The largest absolute Gasteiger partial charge is 0.353 e. The number of amides is 1. The molecule has 3 heterocycles. The molecule has 2 aromatic heterocycles. The van der Waals surface area contributed by atoms with Crippen LogP contribution in [-0.4, -0.2) is 56.5 Å². The van der Waals surface area contributed by atoms with E-state index in [4.69, 9.17) is 0 Å². The van der Waals surface area contributed by atoms with Gasteiger partial charge < -0.3 is 9.80 Å². The van der Waals surface area contributed by atoms with E-state index < -0.39 is 0 Å². The summed E-state index contributed by atoms with van der Waals surface area (Å²) < 4.78 is 1.85. The summed E-state index contributed by atoms with van der Waals surface area (Å²) in [6.45, 7) is 5.14. The summed E-state index contributed by atoms with van der Waals surface area (Å²) in [7, 11) is 0. The summed E-state index contributed by atoms with van der Waals surface area (Å²) in [4.78, 5) is 28.7. The Morgan fingerprint density at radius 3 is 2.64 bits per heavy atom. The molecule has 1 saturated heterocycles. The number of nitrogens with zero attached hydrogens (tertiary/aromatic N) is 6. The maximum Gasteiger partial charge on any atom is 0.222 e. The molecular formula is C15H20N6O. The first-order valence-corrected chi connectivity index (χ1v) is 7.61. The van der Waals surface area contributed by atoms with Gasteiger partial charge in [-0.05, 0) is 6.42 Å². The highest BCUT2D eigenvalue weighted by molar-refractivity contribution is 5.76. The van der Waals surface area contributed by atoms with Crippen molar-refractivity contribution >= 4 is 11.7 Å². The monoisotopic (exact) mass is 300 g/mol. The van der Waals surface area contributed by atoms with Gasteiger partial charge in [-0.1, -0.05) is 6.92 Å². The molecule has 116 valence electrons. The predicted molar refractivity (Wildman–Crippen MR) is 82.9 cm³/mol. The molecule has 0 radical (unpaired) electrons. The molecule has 0 bridgehead atoms. The van der Waals surface area contributed by atoms with Crippen LogP contribution in [0.5, 0.6) is 0 Å². The van der Waals surface area contributed by atoms with Crippen LogP contribution in [0.3, 0.4) is 0 Å². The number of carbonyl (C=O) groups is 1. The second-order valence-corrected chi connectivity index (χ2v) is 5.32. The van der Waals surface area contributed by atoms with E-state index in [-0.39, 0.29) is 5.91 Å². The van der Waals surface area contributed by atoms with Crippen LogP contribution in [0.1, 0.15) is 19.8 Å². The minimum Gasteiger partial charge on any atom is -0.353 e. The second-order valence-electron chi connectivity index (χ2n) is 5.32. The van der Waals surface area contributed by atoms with E-state index in [2.05, 4.69) is 19.9 Å². The Bertz CT molecular complexity index is 619. The van der Waals surface area contributed by atoms with Crippen LogP contribution >= 0.6 is 0 Å². The number of piperazine rings is 1. The number of hydrogen-bond acceptors (Lipinski definition) is 5. The average molecular weight is 300 g/mol. The number of imidazole rings is 1. The molecule has 7 nitrogen and oxygen atoms in total. The van der Waals surface area contributed by atoms with Crippen LogP contribution in [0.2, 0.25) is 0 Å². The van der Waals surface area contributed by atoms with E-state index in [1.54, 1.807) is 18.9 Å². The molecule has 3 rings (SSSR count). The van der Waals surface area contributed by atoms with Crippen molar-refractivity contribution in [1.82, 2.24) is 24.4 Å². The molecule has 1 aliphatic heterocycles. The van der Waals surface area contributed by atoms with E-state index >= 15 is 0 Å². The smallest absolute Gasteiger partial charge is 0.222 e. The van der Waals surface area contributed by atoms with Gasteiger partial charge in [-0.25, -0.2) is 15.0 Å². The third-order valence-corrected chi connectivity index (χ3v) is 3.83. The lowest BCUT2D eigenvalue weighted by atomic mass is 10.2. The molecule has 2 aromatic rings. The molecular weight excluding hydrogens is 280 g/mol. The molecule has 22 heavy (non-hydrogen) atoms. The van der Waals surface area contributed by atoms with Gasteiger partial charge in [-0.3, -0.25) is 9.36 Å². The molecule has 0 aromatic carbocycles. The van der Waals surface area contributed by atoms with E-state index in [0.29, 0.717) is 6.42 Å². The van der Waals surface area contributed by atoms with Gasteiger partial charge in [0.1, 0.15) is 24.3 Å². The molecule has 0 spiro atoms. The normalized spacial score (nSPS) is 15.1. The lowest BCUT2D eigenvalue weighted by Crippen LogP contribution is -2.49. The average Bonchev–Trinajstić information content (AvgIpc) is 3.10. The summed E-state index contributed by atoms with van der Waals surface area (Å²) in [6, 6.07) is 1.95. The predicted octanol–water partition coefficient (Wildman–Crippen LogP) is 1.11. The Labute approximate surface area is 129 Å². The summed E-state index contributed by atoms with van der Waals surface area (Å²) in [5.74, 6) is 1.94. The minimum atomic E-state index is 0.254. The van der Waals surface area contributed by atoms with Crippen LogP contribution in [0, 0.1) is 0 Å². The van der Waals surface area contributed by atoms with Crippen molar-refractivity contribution in [3.8, 4) is 5.82 Å². The molecule has 1 amide bonds. The number of aromatic nitrogens is 4. The zero-order chi connectivity index (χ0) is 15.4. The van der Waals surface area contributed by atoms with E-state index in [9.17, 15) is 4.79 Å². The van der Waals surface area contributed by atoms with Crippen molar-refractivity contribution in [3.05, 3.63) is 31.1 Å². The second kappa shape index (κ2) is 6.55. The van der Waals surface area contributed by atoms with Gasteiger partial charge in [0.2, 0.25) is 5.91 Å². The molecule has 1 fully saturated rings. The molecule has 0 saturated carbocycles. The molecule has 1 aliphatic rings. The first-order valence-electron chi connectivity index (χ1n) is 7.61. The Balaban J connectivity index is 1.66. The quantitative estimate of drug-likeness (QED) is 0.846. The maximum atomic E-state index is 11.9. The molecule has 7 heteroatoms. The summed E-state index contributed by atoms with van der Waals surface area (Å²) in [5, 5.41) is 0. The third-order valence-electron chi connectivity index (χ3n) is 3.83. The van der Waals surface area contributed by atoms with Gasteiger partial charge in [0.05, 0.1) is 0 Å². The van der Waals surface area contributed by atoms with Crippen LogP contribution in [0.15, 0.2) is 31.1 Å². The Kier molecular flexibility index (Phi) is 4.32. The van der Waals surface area contributed by atoms with Crippen molar-refractivity contribution in [2.75, 3.05) is 31.1 Å². The zero-order valence-corrected chi connectivity index (χ0v) is 12.7. The van der Waals surface area contributed by atoms with E-state index in [1.165, 1.54) is 0 Å². The van der Waals surface area contributed by atoms with Crippen molar-refractivity contribution in [2.45, 2.75) is 19.8 Å². The summed E-state index contributed by atoms with van der Waals surface area (Å²) in [6.07, 6.45) is 8.40. The van der Waals surface area contributed by atoms with Crippen LogP contribution in [0.4, 0.5) is 5.82 Å². The van der Waals surface area contributed by atoms with Crippen molar-refractivity contribution in [3.63, 3.8) is 0 Å². The van der Waals surface area contributed by atoms with Crippen LogP contribution in [0.25, 0.3) is 5.82 Å². The van der Waals surface area contributed by atoms with Crippen molar-refractivity contribution in [2.24, 2.45) is 0 Å². The molecule has 0 atom stereocenters. The standard InChI is InChI=1S/C15H20N6O/c1-2-3-15(22)20-8-6-19(7-9-20)13-10-14(18-11-17-13)21-5-4-16-12-21/h4-5,10-12H,2-3,6-9H2,1H3. The number of hydrogen-bond donors (Lipinski definition) is 0. The zero-order valence-electron chi connectivity index (χ0n) is 12.7. The van der Waals surface area contributed by atoms with Gasteiger partial charge in [0.15, 0.2) is 0 Å².